The second kappa shape index (κ2) is 6.65. The van der Waals surface area contributed by atoms with Gasteiger partial charge >= 0.3 is 0 Å². The average Bonchev–Trinajstić information content (AvgIpc) is 2.99. The maximum Gasteiger partial charge on any atom is 0.141 e. The Balaban J connectivity index is 1.97. The Morgan fingerprint density at radius 1 is 1.25 bits per heavy atom. The van der Waals surface area contributed by atoms with Gasteiger partial charge in [-0.15, -0.1) is 0 Å². The molecule has 1 N–H and O–H groups in total. The fourth-order valence-corrected chi connectivity index (χ4v) is 1.93. The normalized spacial score (nSPS) is 11.7. The van der Waals surface area contributed by atoms with Crippen LogP contribution < -0.4 is 5.32 Å². The lowest BCUT2D eigenvalue weighted by molar-refractivity contribution is 0.507. The van der Waals surface area contributed by atoms with Crippen LogP contribution in [0.1, 0.15) is 45.3 Å². The average molecular weight is 276 g/mol. The van der Waals surface area contributed by atoms with Crippen molar-refractivity contribution in [1.29, 1.82) is 0 Å². The number of nitrogens with one attached hydrogen (secondary N) is 1. The number of hydrogen-bond acceptors (Lipinski definition) is 4. The monoisotopic (exact) mass is 276 g/mol. The van der Waals surface area contributed by atoms with Crippen LogP contribution in [-0.2, 0) is 13.1 Å². The van der Waals surface area contributed by atoms with Gasteiger partial charge in [0.1, 0.15) is 12.2 Å². The number of hydrogen-bond donors (Lipinski definition) is 1. The van der Waals surface area contributed by atoms with E-state index < -0.39 is 0 Å². The summed E-state index contributed by atoms with van der Waals surface area (Å²) < 4.78 is 3.86. The predicted octanol–water partition coefficient (Wildman–Crippen LogP) is 1.85. The lowest BCUT2D eigenvalue weighted by Gasteiger charge is -2.08. The van der Waals surface area contributed by atoms with Crippen molar-refractivity contribution in [2.24, 2.45) is 5.92 Å². The molecule has 0 atom stereocenters. The SMILES string of the molecule is CC(C)CNCc1ncnn1Cc1ccn(C(C)C)n1. The third-order valence-corrected chi connectivity index (χ3v) is 3.04. The molecule has 0 amide bonds. The highest BCUT2D eigenvalue weighted by atomic mass is 15.4. The molecule has 6 heteroatoms. The molecule has 0 unspecified atom stereocenters. The first kappa shape index (κ1) is 14.7. The highest BCUT2D eigenvalue weighted by molar-refractivity contribution is 5.01. The maximum absolute atomic E-state index is 4.54. The van der Waals surface area contributed by atoms with Crippen molar-refractivity contribution in [3.05, 3.63) is 30.1 Å². The van der Waals surface area contributed by atoms with E-state index in [0.717, 1.165) is 24.6 Å². The number of aromatic nitrogens is 5. The third kappa shape index (κ3) is 3.90. The first-order chi connectivity index (χ1) is 9.56. The molecule has 110 valence electrons. The van der Waals surface area contributed by atoms with Crippen molar-refractivity contribution in [1.82, 2.24) is 29.9 Å². The summed E-state index contributed by atoms with van der Waals surface area (Å²) in [6.45, 7) is 11.0. The second-order valence-corrected chi connectivity index (χ2v) is 5.74. The zero-order valence-electron chi connectivity index (χ0n) is 12.7. The summed E-state index contributed by atoms with van der Waals surface area (Å²) in [5.41, 5.74) is 1.01. The summed E-state index contributed by atoms with van der Waals surface area (Å²) >= 11 is 0. The first-order valence-corrected chi connectivity index (χ1v) is 7.17. The second-order valence-electron chi connectivity index (χ2n) is 5.74. The van der Waals surface area contributed by atoms with E-state index in [1.807, 2.05) is 21.6 Å². The van der Waals surface area contributed by atoms with Crippen LogP contribution in [0.15, 0.2) is 18.6 Å². The Morgan fingerprint density at radius 2 is 2.05 bits per heavy atom. The van der Waals surface area contributed by atoms with Crippen LogP contribution >= 0.6 is 0 Å². The Morgan fingerprint density at radius 3 is 2.70 bits per heavy atom. The highest BCUT2D eigenvalue weighted by Crippen LogP contribution is 2.06. The molecule has 0 aliphatic rings. The molecule has 6 nitrogen and oxygen atoms in total. The molecule has 20 heavy (non-hydrogen) atoms. The molecule has 2 rings (SSSR count). The molecule has 0 aliphatic heterocycles. The van der Waals surface area contributed by atoms with Crippen LogP contribution in [-0.4, -0.2) is 31.1 Å². The van der Waals surface area contributed by atoms with Crippen LogP contribution in [0, 0.1) is 5.92 Å². The van der Waals surface area contributed by atoms with Gasteiger partial charge in [-0.3, -0.25) is 4.68 Å². The van der Waals surface area contributed by atoms with Gasteiger partial charge in [0, 0.05) is 12.2 Å². The molecule has 0 fully saturated rings. The van der Waals surface area contributed by atoms with E-state index in [9.17, 15) is 0 Å². The van der Waals surface area contributed by atoms with Gasteiger partial charge in [-0.2, -0.15) is 10.2 Å². The minimum atomic E-state index is 0.381. The van der Waals surface area contributed by atoms with Crippen molar-refractivity contribution in [2.75, 3.05) is 6.54 Å². The first-order valence-electron chi connectivity index (χ1n) is 7.17. The molecule has 0 aromatic carbocycles. The number of nitrogens with zero attached hydrogens (tertiary/aromatic N) is 5. The van der Waals surface area contributed by atoms with Gasteiger partial charge in [0.15, 0.2) is 0 Å². The fraction of sp³-hybridized carbons (Fsp3) is 0.643. The van der Waals surface area contributed by atoms with Gasteiger partial charge in [0.2, 0.25) is 0 Å². The molecule has 0 aliphatic carbocycles. The van der Waals surface area contributed by atoms with Gasteiger partial charge in [0.05, 0.1) is 18.8 Å². The lowest BCUT2D eigenvalue weighted by atomic mass is 10.2. The van der Waals surface area contributed by atoms with E-state index in [0.29, 0.717) is 18.5 Å². The predicted molar refractivity (Wildman–Crippen MR) is 78.3 cm³/mol. The molecular formula is C14H24N6. The molecular weight excluding hydrogens is 252 g/mol. The topological polar surface area (TPSA) is 60.6 Å². The standard InChI is InChI=1S/C14H24N6/c1-11(2)7-15-8-14-16-10-17-20(14)9-13-5-6-19(18-13)12(3)4/h5-6,10-12,15H,7-9H2,1-4H3. The maximum atomic E-state index is 4.54. The number of rotatable bonds is 7. The van der Waals surface area contributed by atoms with E-state index >= 15 is 0 Å². The molecule has 2 aromatic heterocycles. The van der Waals surface area contributed by atoms with Crippen molar-refractivity contribution in [3.8, 4) is 0 Å². The van der Waals surface area contributed by atoms with Gasteiger partial charge < -0.3 is 5.32 Å². The lowest BCUT2D eigenvalue weighted by Crippen LogP contribution is -2.22. The Kier molecular flexibility index (Phi) is 4.89. The Bertz CT molecular complexity index is 525. The van der Waals surface area contributed by atoms with Crippen molar-refractivity contribution in [2.45, 2.75) is 46.8 Å². The van der Waals surface area contributed by atoms with E-state index in [-0.39, 0.29) is 0 Å². The minimum Gasteiger partial charge on any atom is -0.310 e. The van der Waals surface area contributed by atoms with Crippen molar-refractivity contribution < 1.29 is 0 Å². The van der Waals surface area contributed by atoms with Gasteiger partial charge in [0.25, 0.3) is 0 Å². The molecule has 0 saturated heterocycles. The summed E-state index contributed by atoms with van der Waals surface area (Å²) in [4.78, 5) is 4.31. The van der Waals surface area contributed by atoms with Crippen LogP contribution in [0.4, 0.5) is 0 Å². The summed E-state index contributed by atoms with van der Waals surface area (Å²) in [6.07, 6.45) is 3.61. The molecule has 0 radical (unpaired) electrons. The summed E-state index contributed by atoms with van der Waals surface area (Å²) in [6, 6.07) is 2.42. The van der Waals surface area contributed by atoms with Crippen LogP contribution in [0.25, 0.3) is 0 Å². The van der Waals surface area contributed by atoms with E-state index in [4.69, 9.17) is 0 Å². The van der Waals surface area contributed by atoms with Crippen molar-refractivity contribution in [3.63, 3.8) is 0 Å². The van der Waals surface area contributed by atoms with Crippen LogP contribution in [0.5, 0.6) is 0 Å². The van der Waals surface area contributed by atoms with Gasteiger partial charge in [-0.1, -0.05) is 13.8 Å². The quantitative estimate of drug-likeness (QED) is 0.838. The zero-order chi connectivity index (χ0) is 14.5. The zero-order valence-corrected chi connectivity index (χ0v) is 12.7. The van der Waals surface area contributed by atoms with E-state index in [1.165, 1.54) is 0 Å². The van der Waals surface area contributed by atoms with Crippen LogP contribution in [0.2, 0.25) is 0 Å². The molecule has 2 aromatic rings. The summed E-state index contributed by atoms with van der Waals surface area (Å²) in [5, 5.41) is 12.2. The fourth-order valence-electron chi connectivity index (χ4n) is 1.93. The van der Waals surface area contributed by atoms with Crippen molar-refractivity contribution >= 4 is 0 Å². The highest BCUT2D eigenvalue weighted by Gasteiger charge is 2.08. The third-order valence-electron chi connectivity index (χ3n) is 3.04. The minimum absolute atomic E-state index is 0.381. The molecule has 0 bridgehead atoms. The smallest absolute Gasteiger partial charge is 0.141 e. The van der Waals surface area contributed by atoms with E-state index in [2.05, 4.69) is 48.2 Å². The summed E-state index contributed by atoms with van der Waals surface area (Å²) in [5.74, 6) is 1.58. The van der Waals surface area contributed by atoms with Gasteiger partial charge in [-0.05, 0) is 32.4 Å². The summed E-state index contributed by atoms with van der Waals surface area (Å²) in [7, 11) is 0. The Hall–Kier alpha value is -1.69. The molecule has 0 spiro atoms. The van der Waals surface area contributed by atoms with E-state index in [1.54, 1.807) is 6.33 Å². The molecule has 0 saturated carbocycles. The van der Waals surface area contributed by atoms with Gasteiger partial charge in [-0.25, -0.2) is 9.67 Å². The van der Waals surface area contributed by atoms with Crippen LogP contribution in [0.3, 0.4) is 0 Å². The molecule has 2 heterocycles. The Labute approximate surface area is 120 Å². The largest absolute Gasteiger partial charge is 0.310 e.